The molecule has 1 saturated heterocycles. The quantitative estimate of drug-likeness (QED) is 0.631. The number of rotatable bonds is 5. The Hall–Kier alpha value is -3.26. The number of amides is 2. The SMILES string of the molecule is O=C1CCC(c2cccc(NC(=O)c3csc(Nc4ccccn4)n3)c2)N1. The number of aromatic nitrogens is 2. The second-order valence-corrected chi connectivity index (χ2v) is 6.97. The molecule has 0 bridgehead atoms. The first kappa shape index (κ1) is 17.2. The molecule has 7 nitrogen and oxygen atoms in total. The topological polar surface area (TPSA) is 96.0 Å². The van der Waals surface area contributed by atoms with Crippen LogP contribution in [-0.4, -0.2) is 21.8 Å². The van der Waals surface area contributed by atoms with Crippen molar-refractivity contribution in [3.05, 3.63) is 65.3 Å². The second-order valence-electron chi connectivity index (χ2n) is 6.12. The molecule has 2 aromatic heterocycles. The van der Waals surface area contributed by atoms with Crippen molar-refractivity contribution in [2.45, 2.75) is 18.9 Å². The molecule has 0 spiro atoms. The van der Waals surface area contributed by atoms with Crippen LogP contribution in [-0.2, 0) is 4.79 Å². The van der Waals surface area contributed by atoms with Gasteiger partial charge >= 0.3 is 0 Å². The molecule has 1 unspecified atom stereocenters. The zero-order valence-corrected chi connectivity index (χ0v) is 15.1. The molecule has 0 aliphatic carbocycles. The summed E-state index contributed by atoms with van der Waals surface area (Å²) in [5, 5.41) is 11.2. The van der Waals surface area contributed by atoms with Gasteiger partial charge in [-0.3, -0.25) is 9.59 Å². The Labute approximate surface area is 159 Å². The van der Waals surface area contributed by atoms with Crippen LogP contribution in [0.4, 0.5) is 16.6 Å². The van der Waals surface area contributed by atoms with E-state index in [1.165, 1.54) is 11.3 Å². The van der Waals surface area contributed by atoms with Crippen LogP contribution in [0.3, 0.4) is 0 Å². The normalized spacial score (nSPS) is 16.0. The highest BCUT2D eigenvalue weighted by molar-refractivity contribution is 7.14. The molecule has 27 heavy (non-hydrogen) atoms. The average molecular weight is 379 g/mol. The van der Waals surface area contributed by atoms with Gasteiger partial charge in [0.25, 0.3) is 5.91 Å². The number of hydrogen-bond donors (Lipinski definition) is 3. The van der Waals surface area contributed by atoms with Crippen molar-refractivity contribution in [2.75, 3.05) is 10.6 Å². The van der Waals surface area contributed by atoms with Gasteiger partial charge in [-0.15, -0.1) is 11.3 Å². The van der Waals surface area contributed by atoms with Gasteiger partial charge in [-0.05, 0) is 36.2 Å². The van der Waals surface area contributed by atoms with E-state index >= 15 is 0 Å². The summed E-state index contributed by atoms with van der Waals surface area (Å²) in [7, 11) is 0. The van der Waals surface area contributed by atoms with Gasteiger partial charge in [0.2, 0.25) is 5.91 Å². The number of anilines is 3. The zero-order chi connectivity index (χ0) is 18.6. The summed E-state index contributed by atoms with van der Waals surface area (Å²) in [5.41, 5.74) is 1.98. The maximum atomic E-state index is 12.5. The average Bonchev–Trinajstić information content (AvgIpc) is 3.32. The van der Waals surface area contributed by atoms with Gasteiger partial charge in [-0.2, -0.15) is 0 Å². The van der Waals surface area contributed by atoms with Crippen LogP contribution in [0.15, 0.2) is 54.0 Å². The fraction of sp³-hybridized carbons (Fsp3) is 0.158. The van der Waals surface area contributed by atoms with Crippen LogP contribution in [0.1, 0.15) is 34.9 Å². The number of hydrogen-bond acceptors (Lipinski definition) is 6. The highest BCUT2D eigenvalue weighted by atomic mass is 32.1. The van der Waals surface area contributed by atoms with E-state index in [2.05, 4.69) is 25.9 Å². The molecule has 3 N–H and O–H groups in total. The summed E-state index contributed by atoms with van der Waals surface area (Å²) < 4.78 is 0. The van der Waals surface area contributed by atoms with E-state index in [1.807, 2.05) is 42.5 Å². The van der Waals surface area contributed by atoms with Crippen molar-refractivity contribution in [2.24, 2.45) is 0 Å². The highest BCUT2D eigenvalue weighted by Crippen LogP contribution is 2.26. The summed E-state index contributed by atoms with van der Waals surface area (Å²) in [6.07, 6.45) is 2.99. The third-order valence-corrected chi connectivity index (χ3v) is 4.94. The summed E-state index contributed by atoms with van der Waals surface area (Å²) in [4.78, 5) is 32.4. The molecule has 136 valence electrons. The molecule has 4 rings (SSSR count). The van der Waals surface area contributed by atoms with Crippen LogP contribution in [0.2, 0.25) is 0 Å². The van der Waals surface area contributed by atoms with Crippen molar-refractivity contribution < 1.29 is 9.59 Å². The fourth-order valence-electron chi connectivity index (χ4n) is 2.87. The first-order valence-corrected chi connectivity index (χ1v) is 9.39. The lowest BCUT2D eigenvalue weighted by molar-refractivity contribution is -0.119. The van der Waals surface area contributed by atoms with E-state index in [-0.39, 0.29) is 17.9 Å². The van der Waals surface area contributed by atoms with Crippen LogP contribution in [0, 0.1) is 0 Å². The maximum Gasteiger partial charge on any atom is 0.275 e. The Balaban J connectivity index is 1.43. The number of carbonyl (C=O) groups excluding carboxylic acids is 2. The summed E-state index contributed by atoms with van der Waals surface area (Å²) in [6, 6.07) is 13.0. The van der Waals surface area contributed by atoms with Crippen LogP contribution >= 0.6 is 11.3 Å². The largest absolute Gasteiger partial charge is 0.349 e. The van der Waals surface area contributed by atoms with E-state index < -0.39 is 0 Å². The van der Waals surface area contributed by atoms with Crippen molar-refractivity contribution in [1.29, 1.82) is 0 Å². The molecule has 3 heterocycles. The second kappa shape index (κ2) is 7.55. The number of carbonyl (C=O) groups is 2. The lowest BCUT2D eigenvalue weighted by Gasteiger charge is -2.12. The molecular weight excluding hydrogens is 362 g/mol. The van der Waals surface area contributed by atoms with E-state index in [0.29, 0.717) is 28.8 Å². The molecule has 2 amide bonds. The highest BCUT2D eigenvalue weighted by Gasteiger charge is 2.22. The maximum absolute atomic E-state index is 12.5. The number of nitrogens with zero attached hydrogens (tertiary/aromatic N) is 2. The van der Waals surface area contributed by atoms with Crippen LogP contribution in [0.5, 0.6) is 0 Å². The standard InChI is InChI=1S/C19H17N5O2S/c25-17-8-7-14(22-17)12-4-3-5-13(10-12)21-18(26)15-11-27-19(23-15)24-16-6-1-2-9-20-16/h1-6,9-11,14H,7-8H2,(H,21,26)(H,22,25)(H,20,23,24). The van der Waals surface area contributed by atoms with Gasteiger partial charge in [0.05, 0.1) is 6.04 Å². The number of benzene rings is 1. The van der Waals surface area contributed by atoms with E-state index in [0.717, 1.165) is 12.0 Å². The van der Waals surface area contributed by atoms with Gasteiger partial charge in [0, 0.05) is 23.7 Å². The predicted molar refractivity (Wildman–Crippen MR) is 104 cm³/mol. The molecule has 1 fully saturated rings. The molecular formula is C19H17N5O2S. The molecule has 3 aromatic rings. The lowest BCUT2D eigenvalue weighted by Crippen LogP contribution is -2.18. The molecule has 0 saturated carbocycles. The summed E-state index contributed by atoms with van der Waals surface area (Å²) in [5.74, 6) is 0.447. The smallest absolute Gasteiger partial charge is 0.275 e. The first-order chi connectivity index (χ1) is 13.2. The zero-order valence-electron chi connectivity index (χ0n) is 14.3. The minimum absolute atomic E-state index is 0.00259. The minimum atomic E-state index is -0.284. The third kappa shape index (κ3) is 4.12. The van der Waals surface area contributed by atoms with Gasteiger partial charge in [0.15, 0.2) is 5.13 Å². The molecule has 1 aromatic carbocycles. The Bertz CT molecular complexity index is 973. The number of nitrogens with one attached hydrogen (secondary N) is 3. The molecule has 8 heteroatoms. The Morgan fingerprint density at radius 3 is 2.93 bits per heavy atom. The van der Waals surface area contributed by atoms with Crippen molar-refractivity contribution in [3.8, 4) is 0 Å². The Morgan fingerprint density at radius 1 is 1.22 bits per heavy atom. The molecule has 1 aliphatic heterocycles. The number of thiazole rings is 1. The van der Waals surface area contributed by atoms with Gasteiger partial charge in [-0.1, -0.05) is 18.2 Å². The van der Waals surface area contributed by atoms with E-state index in [4.69, 9.17) is 0 Å². The predicted octanol–water partition coefficient (Wildman–Crippen LogP) is 3.49. The Morgan fingerprint density at radius 2 is 2.15 bits per heavy atom. The molecule has 1 aliphatic rings. The number of pyridine rings is 1. The third-order valence-electron chi connectivity index (χ3n) is 4.18. The lowest BCUT2D eigenvalue weighted by atomic mass is 10.0. The van der Waals surface area contributed by atoms with E-state index in [1.54, 1.807) is 11.6 Å². The van der Waals surface area contributed by atoms with Gasteiger partial charge in [-0.25, -0.2) is 9.97 Å². The molecule has 0 radical (unpaired) electrons. The van der Waals surface area contributed by atoms with E-state index in [9.17, 15) is 9.59 Å². The fourth-order valence-corrected chi connectivity index (χ4v) is 3.57. The minimum Gasteiger partial charge on any atom is -0.349 e. The summed E-state index contributed by atoms with van der Waals surface area (Å²) >= 11 is 1.34. The monoisotopic (exact) mass is 379 g/mol. The van der Waals surface area contributed by atoms with Crippen molar-refractivity contribution in [1.82, 2.24) is 15.3 Å². The van der Waals surface area contributed by atoms with Crippen LogP contribution in [0.25, 0.3) is 0 Å². The van der Waals surface area contributed by atoms with Gasteiger partial charge < -0.3 is 16.0 Å². The summed E-state index contributed by atoms with van der Waals surface area (Å²) in [6.45, 7) is 0. The van der Waals surface area contributed by atoms with Crippen molar-refractivity contribution in [3.63, 3.8) is 0 Å². The van der Waals surface area contributed by atoms with Gasteiger partial charge in [0.1, 0.15) is 11.5 Å². The first-order valence-electron chi connectivity index (χ1n) is 8.51. The van der Waals surface area contributed by atoms with Crippen LogP contribution < -0.4 is 16.0 Å². The molecule has 1 atom stereocenters. The Kier molecular flexibility index (Phi) is 4.80. The van der Waals surface area contributed by atoms with Crippen molar-refractivity contribution >= 4 is 39.8 Å².